The molecule has 0 amide bonds. The SMILES string of the molecule is Cc1cc(C)n(CCCN2Cc3cccc(N)c3C2)n1. The van der Waals surface area contributed by atoms with Crippen LogP contribution in [0, 0.1) is 13.8 Å². The van der Waals surface area contributed by atoms with Crippen molar-refractivity contribution in [3.05, 3.63) is 46.8 Å². The second kappa shape index (κ2) is 5.29. The smallest absolute Gasteiger partial charge is 0.0596 e. The number of nitrogens with zero attached hydrogens (tertiary/aromatic N) is 3. The summed E-state index contributed by atoms with van der Waals surface area (Å²) in [5.41, 5.74) is 12.0. The van der Waals surface area contributed by atoms with Crippen molar-refractivity contribution in [3.8, 4) is 0 Å². The molecule has 0 spiro atoms. The number of benzene rings is 1. The Morgan fingerprint density at radius 3 is 2.75 bits per heavy atom. The van der Waals surface area contributed by atoms with Crippen LogP contribution in [0.5, 0.6) is 0 Å². The van der Waals surface area contributed by atoms with Crippen molar-refractivity contribution in [2.24, 2.45) is 0 Å². The topological polar surface area (TPSA) is 47.1 Å². The van der Waals surface area contributed by atoms with Crippen molar-refractivity contribution in [1.29, 1.82) is 0 Å². The first-order valence-electron chi connectivity index (χ1n) is 7.23. The van der Waals surface area contributed by atoms with E-state index in [0.29, 0.717) is 0 Å². The van der Waals surface area contributed by atoms with E-state index >= 15 is 0 Å². The highest BCUT2D eigenvalue weighted by Crippen LogP contribution is 2.27. The summed E-state index contributed by atoms with van der Waals surface area (Å²) >= 11 is 0. The van der Waals surface area contributed by atoms with E-state index in [4.69, 9.17) is 5.73 Å². The van der Waals surface area contributed by atoms with Crippen molar-refractivity contribution in [2.45, 2.75) is 39.9 Å². The lowest BCUT2D eigenvalue weighted by Gasteiger charge is -2.15. The van der Waals surface area contributed by atoms with Gasteiger partial charge in [0, 0.05) is 37.6 Å². The van der Waals surface area contributed by atoms with E-state index in [9.17, 15) is 0 Å². The number of fused-ring (bicyclic) bond motifs is 1. The number of nitrogens with two attached hydrogens (primary N) is 1. The Morgan fingerprint density at radius 1 is 1.20 bits per heavy atom. The molecule has 4 heteroatoms. The van der Waals surface area contributed by atoms with Crippen molar-refractivity contribution in [2.75, 3.05) is 12.3 Å². The summed E-state index contributed by atoms with van der Waals surface area (Å²) in [4.78, 5) is 2.46. The van der Waals surface area contributed by atoms with Crippen LogP contribution in [-0.2, 0) is 19.6 Å². The predicted octanol–water partition coefficient (Wildman–Crippen LogP) is 2.49. The molecule has 1 aromatic carbocycles. The molecule has 106 valence electrons. The summed E-state index contributed by atoms with van der Waals surface area (Å²) in [6.45, 7) is 8.25. The predicted molar refractivity (Wildman–Crippen MR) is 81.3 cm³/mol. The van der Waals surface area contributed by atoms with Crippen LogP contribution in [-0.4, -0.2) is 21.2 Å². The van der Waals surface area contributed by atoms with Crippen LogP contribution in [0.3, 0.4) is 0 Å². The van der Waals surface area contributed by atoms with Gasteiger partial charge in [-0.3, -0.25) is 9.58 Å². The lowest BCUT2D eigenvalue weighted by molar-refractivity contribution is 0.272. The molecule has 0 saturated carbocycles. The standard InChI is InChI=1S/C16H22N4/c1-12-9-13(2)20(18-12)8-4-7-19-10-14-5-3-6-16(17)15(14)11-19/h3,5-6,9H,4,7-8,10-11,17H2,1-2H3. The summed E-state index contributed by atoms with van der Waals surface area (Å²) in [7, 11) is 0. The van der Waals surface area contributed by atoms with Gasteiger partial charge in [0.1, 0.15) is 0 Å². The van der Waals surface area contributed by atoms with Crippen LogP contribution in [0.2, 0.25) is 0 Å². The maximum atomic E-state index is 6.04. The number of aryl methyl sites for hydroxylation is 3. The third-order valence-electron chi connectivity index (χ3n) is 4.03. The maximum Gasteiger partial charge on any atom is 0.0596 e. The first-order valence-corrected chi connectivity index (χ1v) is 7.23. The van der Waals surface area contributed by atoms with Gasteiger partial charge in [-0.25, -0.2) is 0 Å². The zero-order valence-corrected chi connectivity index (χ0v) is 12.3. The molecular formula is C16H22N4. The van der Waals surface area contributed by atoms with Gasteiger partial charge in [0.2, 0.25) is 0 Å². The zero-order valence-electron chi connectivity index (χ0n) is 12.3. The molecular weight excluding hydrogens is 248 g/mol. The Balaban J connectivity index is 1.54. The molecule has 0 fully saturated rings. The minimum absolute atomic E-state index is 0.934. The average Bonchev–Trinajstić information content (AvgIpc) is 2.94. The van der Waals surface area contributed by atoms with E-state index < -0.39 is 0 Å². The Kier molecular flexibility index (Phi) is 3.49. The van der Waals surface area contributed by atoms with E-state index in [-0.39, 0.29) is 0 Å². The molecule has 1 aliphatic heterocycles. The molecule has 20 heavy (non-hydrogen) atoms. The van der Waals surface area contributed by atoms with Gasteiger partial charge in [-0.15, -0.1) is 0 Å². The lowest BCUT2D eigenvalue weighted by Crippen LogP contribution is -2.19. The molecule has 0 bridgehead atoms. The fourth-order valence-corrected chi connectivity index (χ4v) is 3.02. The summed E-state index contributed by atoms with van der Waals surface area (Å²) in [5, 5.41) is 4.51. The summed E-state index contributed by atoms with van der Waals surface area (Å²) in [5.74, 6) is 0. The van der Waals surface area contributed by atoms with Crippen LogP contribution in [0.4, 0.5) is 5.69 Å². The molecule has 4 nitrogen and oxygen atoms in total. The summed E-state index contributed by atoms with van der Waals surface area (Å²) in [6.07, 6.45) is 1.12. The maximum absolute atomic E-state index is 6.04. The van der Waals surface area contributed by atoms with Gasteiger partial charge >= 0.3 is 0 Å². The van der Waals surface area contributed by atoms with Gasteiger partial charge in [0.15, 0.2) is 0 Å². The van der Waals surface area contributed by atoms with Crippen LogP contribution >= 0.6 is 0 Å². The zero-order chi connectivity index (χ0) is 14.1. The first kappa shape index (κ1) is 13.2. The van der Waals surface area contributed by atoms with Crippen LogP contribution in [0.1, 0.15) is 28.9 Å². The molecule has 2 N–H and O–H groups in total. The van der Waals surface area contributed by atoms with E-state index in [0.717, 1.165) is 44.0 Å². The Labute approximate surface area is 120 Å². The molecule has 3 rings (SSSR count). The van der Waals surface area contributed by atoms with Gasteiger partial charge in [0.25, 0.3) is 0 Å². The molecule has 0 aliphatic carbocycles. The third kappa shape index (κ3) is 2.56. The minimum Gasteiger partial charge on any atom is -0.398 e. The molecule has 0 unspecified atom stereocenters. The highest BCUT2D eigenvalue weighted by atomic mass is 15.3. The van der Waals surface area contributed by atoms with Gasteiger partial charge in [-0.05, 0) is 43.5 Å². The van der Waals surface area contributed by atoms with Crippen molar-refractivity contribution >= 4 is 5.69 Å². The Hall–Kier alpha value is -1.81. The van der Waals surface area contributed by atoms with Crippen molar-refractivity contribution < 1.29 is 0 Å². The van der Waals surface area contributed by atoms with E-state index in [1.165, 1.54) is 16.8 Å². The molecule has 1 aliphatic rings. The molecule has 0 radical (unpaired) electrons. The number of rotatable bonds is 4. The fraction of sp³-hybridized carbons (Fsp3) is 0.438. The van der Waals surface area contributed by atoms with E-state index in [2.05, 4.69) is 33.7 Å². The molecule has 0 atom stereocenters. The summed E-state index contributed by atoms with van der Waals surface area (Å²) < 4.78 is 2.10. The highest BCUT2D eigenvalue weighted by Gasteiger charge is 2.19. The molecule has 1 aromatic heterocycles. The van der Waals surface area contributed by atoms with Crippen LogP contribution in [0.25, 0.3) is 0 Å². The van der Waals surface area contributed by atoms with E-state index in [1.54, 1.807) is 0 Å². The number of aromatic nitrogens is 2. The van der Waals surface area contributed by atoms with Crippen LogP contribution < -0.4 is 5.73 Å². The van der Waals surface area contributed by atoms with Gasteiger partial charge < -0.3 is 5.73 Å². The van der Waals surface area contributed by atoms with Gasteiger partial charge in [-0.1, -0.05) is 12.1 Å². The second-order valence-electron chi connectivity index (χ2n) is 5.70. The lowest BCUT2D eigenvalue weighted by atomic mass is 10.1. The molecule has 2 heterocycles. The quantitative estimate of drug-likeness (QED) is 0.868. The number of hydrogen-bond donors (Lipinski definition) is 1. The van der Waals surface area contributed by atoms with Crippen LogP contribution in [0.15, 0.2) is 24.3 Å². The number of hydrogen-bond acceptors (Lipinski definition) is 3. The van der Waals surface area contributed by atoms with Gasteiger partial charge in [0.05, 0.1) is 5.69 Å². The number of nitrogen functional groups attached to an aromatic ring is 1. The third-order valence-corrected chi connectivity index (χ3v) is 4.03. The summed E-state index contributed by atoms with van der Waals surface area (Å²) in [6, 6.07) is 8.37. The van der Waals surface area contributed by atoms with Crippen molar-refractivity contribution in [1.82, 2.24) is 14.7 Å². The molecule has 2 aromatic rings. The Bertz CT molecular complexity index is 615. The van der Waals surface area contributed by atoms with Gasteiger partial charge in [-0.2, -0.15) is 5.10 Å². The largest absolute Gasteiger partial charge is 0.398 e. The highest BCUT2D eigenvalue weighted by molar-refractivity contribution is 5.52. The average molecular weight is 270 g/mol. The minimum atomic E-state index is 0.934. The van der Waals surface area contributed by atoms with E-state index in [1.807, 2.05) is 19.1 Å². The number of anilines is 1. The normalized spacial score (nSPS) is 14.7. The molecule has 0 saturated heterocycles. The first-order chi connectivity index (χ1) is 9.63. The fourth-order valence-electron chi connectivity index (χ4n) is 3.02. The second-order valence-corrected chi connectivity index (χ2v) is 5.70. The monoisotopic (exact) mass is 270 g/mol. The Morgan fingerprint density at radius 2 is 2.05 bits per heavy atom. The van der Waals surface area contributed by atoms with Crippen molar-refractivity contribution in [3.63, 3.8) is 0 Å².